The molecule has 0 unspecified atom stereocenters. The molecule has 1 aromatic heterocycles. The van der Waals surface area contributed by atoms with Crippen molar-refractivity contribution in [3.05, 3.63) is 58.9 Å². The summed E-state index contributed by atoms with van der Waals surface area (Å²) in [5.74, 6) is -0.238. The molecule has 2 aromatic carbocycles. The molecule has 7 nitrogen and oxygen atoms in total. The van der Waals surface area contributed by atoms with Gasteiger partial charge >= 0.3 is 0 Å². The van der Waals surface area contributed by atoms with E-state index in [2.05, 4.69) is 21.5 Å². The first-order valence-corrected chi connectivity index (χ1v) is 9.17. The number of benzene rings is 2. The number of tetrazole rings is 1. The van der Waals surface area contributed by atoms with E-state index in [-0.39, 0.29) is 31.2 Å². The summed E-state index contributed by atoms with van der Waals surface area (Å²) in [5.41, 5.74) is 3.90. The maximum absolute atomic E-state index is 13.5. The highest BCUT2D eigenvalue weighted by atomic mass is 19.1. The Morgan fingerprint density at radius 3 is 2.55 bits per heavy atom. The molecule has 0 saturated heterocycles. The number of halogens is 1. The Morgan fingerprint density at radius 1 is 1.17 bits per heavy atom. The third-order valence-electron chi connectivity index (χ3n) is 4.41. The minimum absolute atomic E-state index is 0.119. The van der Waals surface area contributed by atoms with Crippen LogP contribution in [0.1, 0.15) is 23.1 Å². The van der Waals surface area contributed by atoms with Crippen molar-refractivity contribution in [2.75, 3.05) is 11.4 Å². The Labute approximate surface area is 168 Å². The molecule has 0 bridgehead atoms. The minimum atomic E-state index is -0.307. The molecule has 0 N–H and O–H groups in total. The molecule has 29 heavy (non-hydrogen) atoms. The lowest BCUT2D eigenvalue weighted by Gasteiger charge is -2.22. The van der Waals surface area contributed by atoms with Crippen molar-refractivity contribution in [1.29, 1.82) is 5.26 Å². The molecule has 0 aliphatic carbocycles. The van der Waals surface area contributed by atoms with Gasteiger partial charge in [0.15, 0.2) is 0 Å². The lowest BCUT2D eigenvalue weighted by atomic mass is 10.1. The number of anilines is 1. The van der Waals surface area contributed by atoms with Crippen LogP contribution in [0.3, 0.4) is 0 Å². The average Bonchev–Trinajstić information content (AvgIpc) is 3.12. The Morgan fingerprint density at radius 2 is 1.90 bits per heavy atom. The number of hydrogen-bond acceptors (Lipinski definition) is 5. The molecule has 1 amide bonds. The maximum atomic E-state index is 13.5. The fraction of sp³-hybridized carbons (Fsp3) is 0.286. The van der Waals surface area contributed by atoms with Crippen molar-refractivity contribution in [3.8, 4) is 17.5 Å². The van der Waals surface area contributed by atoms with Crippen molar-refractivity contribution < 1.29 is 9.18 Å². The van der Waals surface area contributed by atoms with Crippen molar-refractivity contribution in [2.24, 2.45) is 0 Å². The van der Waals surface area contributed by atoms with Gasteiger partial charge in [-0.05, 0) is 73.0 Å². The summed E-state index contributed by atoms with van der Waals surface area (Å²) in [6.07, 6.45) is 0.212. The fourth-order valence-corrected chi connectivity index (χ4v) is 3.08. The van der Waals surface area contributed by atoms with E-state index < -0.39 is 0 Å². The van der Waals surface area contributed by atoms with Gasteiger partial charge in [-0.1, -0.05) is 6.07 Å². The van der Waals surface area contributed by atoms with E-state index in [1.165, 1.54) is 10.9 Å². The first-order valence-electron chi connectivity index (χ1n) is 9.17. The van der Waals surface area contributed by atoms with Gasteiger partial charge < -0.3 is 4.90 Å². The smallest absolute Gasteiger partial charge is 0.250 e. The third kappa shape index (κ3) is 4.82. The van der Waals surface area contributed by atoms with Crippen LogP contribution < -0.4 is 4.90 Å². The molecule has 0 aliphatic rings. The van der Waals surface area contributed by atoms with Gasteiger partial charge in [0.1, 0.15) is 12.4 Å². The van der Waals surface area contributed by atoms with Crippen LogP contribution in [0, 0.1) is 37.9 Å². The van der Waals surface area contributed by atoms with Crippen LogP contribution in [0.15, 0.2) is 36.4 Å². The SMILES string of the molecule is Cc1cc(C)cc(N(CCC#N)C(=O)Cn2nnc(-c3ccc(F)c(C)c3)n2)c1. The highest BCUT2D eigenvalue weighted by Gasteiger charge is 2.18. The Balaban J connectivity index is 1.82. The first kappa shape index (κ1) is 20.1. The largest absolute Gasteiger partial charge is 0.310 e. The van der Waals surface area contributed by atoms with Crippen LogP contribution in [0.2, 0.25) is 0 Å². The second-order valence-electron chi connectivity index (χ2n) is 6.91. The highest BCUT2D eigenvalue weighted by molar-refractivity contribution is 5.93. The molecule has 0 spiro atoms. The molecule has 0 saturated carbocycles. The molecule has 0 atom stereocenters. The summed E-state index contributed by atoms with van der Waals surface area (Å²) in [6.45, 7) is 5.73. The number of aryl methyl sites for hydroxylation is 3. The Kier molecular flexibility index (Phi) is 5.98. The van der Waals surface area contributed by atoms with Crippen LogP contribution in [-0.4, -0.2) is 32.7 Å². The predicted octanol–water partition coefficient (Wildman–Crippen LogP) is 3.35. The number of carbonyl (C=O) groups excluding carboxylic acids is 1. The van der Waals surface area contributed by atoms with Gasteiger partial charge in [0.05, 0.1) is 12.5 Å². The summed E-state index contributed by atoms with van der Waals surface area (Å²) in [4.78, 5) is 15.7. The molecule has 1 heterocycles. The zero-order valence-electron chi connectivity index (χ0n) is 16.6. The quantitative estimate of drug-likeness (QED) is 0.642. The van der Waals surface area contributed by atoms with Gasteiger partial charge in [-0.3, -0.25) is 4.79 Å². The topological polar surface area (TPSA) is 87.7 Å². The van der Waals surface area contributed by atoms with Crippen molar-refractivity contribution in [1.82, 2.24) is 20.2 Å². The number of nitriles is 1. The van der Waals surface area contributed by atoms with Crippen LogP contribution in [0.5, 0.6) is 0 Å². The summed E-state index contributed by atoms with van der Waals surface area (Å²) >= 11 is 0. The van der Waals surface area contributed by atoms with Gasteiger partial charge in [0.2, 0.25) is 5.82 Å². The van der Waals surface area contributed by atoms with Gasteiger partial charge in [0.25, 0.3) is 5.91 Å². The van der Waals surface area contributed by atoms with Crippen LogP contribution in [0.25, 0.3) is 11.4 Å². The highest BCUT2D eigenvalue weighted by Crippen LogP contribution is 2.20. The molecule has 0 aliphatic heterocycles. The molecule has 3 rings (SSSR count). The Bertz CT molecular complexity index is 1060. The summed E-state index contributed by atoms with van der Waals surface area (Å²) in [6, 6.07) is 12.5. The van der Waals surface area contributed by atoms with E-state index in [1.807, 2.05) is 32.0 Å². The number of hydrogen-bond donors (Lipinski definition) is 0. The van der Waals surface area contributed by atoms with E-state index in [1.54, 1.807) is 24.0 Å². The number of carbonyl (C=O) groups is 1. The van der Waals surface area contributed by atoms with Crippen molar-refractivity contribution >= 4 is 11.6 Å². The zero-order chi connectivity index (χ0) is 21.0. The van der Waals surface area contributed by atoms with Crippen LogP contribution in [-0.2, 0) is 11.3 Å². The number of aromatic nitrogens is 4. The number of nitrogens with zero attached hydrogens (tertiary/aromatic N) is 6. The standard InChI is InChI=1S/C21H21FN6O/c1-14-9-15(2)11-18(10-14)27(8-4-7-23)20(29)13-28-25-21(24-26-28)17-5-6-19(22)16(3)12-17/h5-6,9-12H,4,8,13H2,1-3H3. The lowest BCUT2D eigenvalue weighted by molar-refractivity contribution is -0.119. The van der Waals surface area contributed by atoms with Gasteiger partial charge in [0, 0.05) is 17.8 Å². The van der Waals surface area contributed by atoms with Crippen LogP contribution in [0.4, 0.5) is 10.1 Å². The van der Waals surface area contributed by atoms with Crippen molar-refractivity contribution in [3.63, 3.8) is 0 Å². The summed E-state index contributed by atoms with van der Waals surface area (Å²) in [5, 5.41) is 21.1. The third-order valence-corrected chi connectivity index (χ3v) is 4.41. The minimum Gasteiger partial charge on any atom is -0.310 e. The average molecular weight is 392 g/mol. The monoisotopic (exact) mass is 392 g/mol. The molecule has 0 fully saturated rings. The van der Waals surface area contributed by atoms with E-state index in [0.29, 0.717) is 17.0 Å². The fourth-order valence-electron chi connectivity index (χ4n) is 3.08. The first-order chi connectivity index (χ1) is 13.9. The summed E-state index contributed by atoms with van der Waals surface area (Å²) in [7, 11) is 0. The van der Waals surface area contributed by atoms with E-state index in [4.69, 9.17) is 5.26 Å². The van der Waals surface area contributed by atoms with E-state index in [9.17, 15) is 9.18 Å². The normalized spacial score (nSPS) is 10.6. The van der Waals surface area contributed by atoms with Crippen LogP contribution >= 0.6 is 0 Å². The molecule has 3 aromatic rings. The molecule has 8 heteroatoms. The maximum Gasteiger partial charge on any atom is 0.250 e. The Hall–Kier alpha value is -3.60. The number of amides is 1. The zero-order valence-corrected chi connectivity index (χ0v) is 16.6. The molecule has 0 radical (unpaired) electrons. The predicted molar refractivity (Wildman–Crippen MR) is 106 cm³/mol. The molecular weight excluding hydrogens is 371 g/mol. The second kappa shape index (κ2) is 8.61. The van der Waals surface area contributed by atoms with Gasteiger partial charge in [-0.2, -0.15) is 10.1 Å². The van der Waals surface area contributed by atoms with E-state index >= 15 is 0 Å². The van der Waals surface area contributed by atoms with E-state index in [0.717, 1.165) is 16.8 Å². The van der Waals surface area contributed by atoms with Gasteiger partial charge in [-0.15, -0.1) is 10.2 Å². The molecule has 148 valence electrons. The lowest BCUT2D eigenvalue weighted by Crippen LogP contribution is -2.35. The van der Waals surface area contributed by atoms with Crippen molar-refractivity contribution in [2.45, 2.75) is 33.7 Å². The van der Waals surface area contributed by atoms with Gasteiger partial charge in [-0.25, -0.2) is 4.39 Å². The molecular formula is C21H21FN6O. The number of rotatable bonds is 6. The summed E-state index contributed by atoms with van der Waals surface area (Å²) < 4.78 is 13.5. The second-order valence-corrected chi connectivity index (χ2v) is 6.91.